The molecule has 38 heavy (non-hydrogen) atoms. The fourth-order valence-electron chi connectivity index (χ4n) is 5.29. The van der Waals surface area contributed by atoms with Crippen LogP contribution in [0.25, 0.3) is 0 Å². The molecule has 1 fully saturated rings. The predicted octanol–water partition coefficient (Wildman–Crippen LogP) is 4.20. The van der Waals surface area contributed by atoms with Gasteiger partial charge in [0.05, 0.1) is 5.69 Å². The second-order valence-electron chi connectivity index (χ2n) is 9.69. The summed E-state index contributed by atoms with van der Waals surface area (Å²) in [6, 6.07) is 18.5. The van der Waals surface area contributed by atoms with Crippen LogP contribution < -0.4 is 20.9 Å². The number of benzene rings is 3. The van der Waals surface area contributed by atoms with Crippen LogP contribution in [-0.2, 0) is 27.2 Å². The highest BCUT2D eigenvalue weighted by Crippen LogP contribution is 2.45. The SMILES string of the molecule is O=C(CN1C(=O)CC(c2ccc(F)cc2)Sc2ccccc21)Nc1ccc2c(c1)CC1(C2)NC(=O)NC1=O.[HH].[HH]. The zero-order chi connectivity index (χ0) is 26.4. The molecule has 196 valence electrons. The van der Waals surface area contributed by atoms with E-state index < -0.39 is 11.6 Å². The van der Waals surface area contributed by atoms with Gasteiger partial charge in [0.15, 0.2) is 0 Å². The Labute approximate surface area is 224 Å². The number of nitrogens with one attached hydrogen (secondary N) is 3. The molecule has 0 saturated carbocycles. The Balaban J connectivity index is 0.00000185. The van der Waals surface area contributed by atoms with Crippen molar-refractivity contribution in [3.05, 3.63) is 89.2 Å². The maximum Gasteiger partial charge on any atom is 0.322 e. The summed E-state index contributed by atoms with van der Waals surface area (Å²) in [6.45, 7) is -0.175. The van der Waals surface area contributed by atoms with Crippen molar-refractivity contribution >= 4 is 46.9 Å². The predicted molar refractivity (Wildman–Crippen MR) is 145 cm³/mol. The number of anilines is 2. The van der Waals surface area contributed by atoms with Crippen molar-refractivity contribution in [3.63, 3.8) is 0 Å². The van der Waals surface area contributed by atoms with Gasteiger partial charge in [0, 0.05) is 37.9 Å². The third kappa shape index (κ3) is 4.41. The third-order valence-electron chi connectivity index (χ3n) is 7.12. The van der Waals surface area contributed by atoms with E-state index in [1.54, 1.807) is 24.3 Å². The first kappa shape index (κ1) is 24.2. The van der Waals surface area contributed by atoms with Crippen molar-refractivity contribution in [2.24, 2.45) is 0 Å². The quantitative estimate of drug-likeness (QED) is 0.435. The molecule has 0 bridgehead atoms. The molecule has 6 rings (SSSR count). The first-order valence-corrected chi connectivity index (χ1v) is 13.0. The molecule has 1 spiro atoms. The van der Waals surface area contributed by atoms with E-state index >= 15 is 0 Å². The summed E-state index contributed by atoms with van der Waals surface area (Å²) < 4.78 is 13.5. The number of hydrogen-bond donors (Lipinski definition) is 3. The number of halogens is 1. The maximum atomic E-state index is 13.5. The van der Waals surface area contributed by atoms with Gasteiger partial charge in [-0.15, -0.1) is 11.8 Å². The second kappa shape index (κ2) is 9.29. The van der Waals surface area contributed by atoms with E-state index in [0.717, 1.165) is 21.6 Å². The molecule has 2 aliphatic heterocycles. The summed E-state index contributed by atoms with van der Waals surface area (Å²) in [5.41, 5.74) is 2.86. The van der Waals surface area contributed by atoms with E-state index in [2.05, 4.69) is 16.0 Å². The van der Waals surface area contributed by atoms with E-state index in [4.69, 9.17) is 0 Å². The molecule has 3 aromatic carbocycles. The Hall–Kier alpha value is -4.18. The van der Waals surface area contributed by atoms with Crippen molar-refractivity contribution in [1.29, 1.82) is 0 Å². The van der Waals surface area contributed by atoms with Crippen LogP contribution in [-0.4, -0.2) is 35.8 Å². The molecule has 8 nitrogen and oxygen atoms in total. The average molecular weight is 535 g/mol. The maximum absolute atomic E-state index is 13.5. The number of rotatable bonds is 4. The first-order valence-electron chi connectivity index (χ1n) is 12.2. The molecular formula is C28H27FN4O4S. The number of hydrogen-bond acceptors (Lipinski definition) is 5. The first-order chi connectivity index (χ1) is 18.3. The lowest BCUT2D eigenvalue weighted by atomic mass is 9.96. The van der Waals surface area contributed by atoms with Crippen LogP contribution in [0.15, 0.2) is 71.6 Å². The summed E-state index contributed by atoms with van der Waals surface area (Å²) in [4.78, 5) is 52.8. The minimum atomic E-state index is -0.983. The molecule has 2 heterocycles. The van der Waals surface area contributed by atoms with Crippen molar-refractivity contribution in [2.45, 2.75) is 34.9 Å². The van der Waals surface area contributed by atoms with Crippen LogP contribution in [0.1, 0.15) is 31.2 Å². The van der Waals surface area contributed by atoms with Crippen LogP contribution in [0.4, 0.5) is 20.6 Å². The smallest absolute Gasteiger partial charge is 0.322 e. The zero-order valence-corrected chi connectivity index (χ0v) is 20.9. The molecule has 0 radical (unpaired) electrons. The number of imide groups is 1. The molecule has 2 unspecified atom stereocenters. The van der Waals surface area contributed by atoms with Gasteiger partial charge in [0.2, 0.25) is 11.8 Å². The fourth-order valence-corrected chi connectivity index (χ4v) is 6.57. The van der Waals surface area contributed by atoms with E-state index in [-0.39, 0.29) is 44.6 Å². The van der Waals surface area contributed by atoms with E-state index in [0.29, 0.717) is 24.2 Å². The average Bonchev–Trinajstić information content (AvgIpc) is 3.34. The zero-order valence-electron chi connectivity index (χ0n) is 20.1. The normalized spacial score (nSPS) is 22.0. The minimum Gasteiger partial charge on any atom is -0.325 e. The Bertz CT molecular complexity index is 1510. The summed E-state index contributed by atoms with van der Waals surface area (Å²) in [5.74, 6) is -1.25. The number of fused-ring (bicyclic) bond motifs is 2. The Kier molecular flexibility index (Phi) is 5.91. The van der Waals surface area contributed by atoms with E-state index in [1.807, 2.05) is 30.3 Å². The van der Waals surface area contributed by atoms with Gasteiger partial charge in [0.1, 0.15) is 17.9 Å². The number of carbonyl (C=O) groups excluding carboxylic acids is 4. The van der Waals surface area contributed by atoms with Gasteiger partial charge in [-0.1, -0.05) is 30.3 Å². The molecule has 0 aromatic heterocycles. The van der Waals surface area contributed by atoms with Gasteiger partial charge in [-0.2, -0.15) is 0 Å². The molecule has 10 heteroatoms. The van der Waals surface area contributed by atoms with Crippen molar-refractivity contribution in [3.8, 4) is 0 Å². The molecule has 1 aliphatic carbocycles. The number of urea groups is 1. The fraction of sp³-hybridized carbons (Fsp3) is 0.214. The van der Waals surface area contributed by atoms with Crippen molar-refractivity contribution < 1.29 is 26.4 Å². The molecule has 3 aromatic rings. The molecule has 2 atom stereocenters. The third-order valence-corrected chi connectivity index (χ3v) is 8.44. The van der Waals surface area contributed by atoms with Gasteiger partial charge >= 0.3 is 6.03 Å². The lowest BCUT2D eigenvalue weighted by molar-refractivity contribution is -0.123. The lowest BCUT2D eigenvalue weighted by Crippen LogP contribution is -2.47. The topological polar surface area (TPSA) is 108 Å². The summed E-state index contributed by atoms with van der Waals surface area (Å²) in [6.07, 6.45) is 0.886. The monoisotopic (exact) mass is 534 g/mol. The highest BCUT2D eigenvalue weighted by Gasteiger charge is 2.50. The molecule has 5 amide bonds. The second-order valence-corrected chi connectivity index (χ2v) is 10.9. The summed E-state index contributed by atoms with van der Waals surface area (Å²) in [5, 5.41) is 7.68. The van der Waals surface area contributed by atoms with Crippen molar-refractivity contribution in [1.82, 2.24) is 10.6 Å². The highest BCUT2D eigenvalue weighted by atomic mass is 32.2. The van der Waals surface area contributed by atoms with Gasteiger partial charge in [0.25, 0.3) is 5.91 Å². The number of thioether (sulfide) groups is 1. The van der Waals surface area contributed by atoms with E-state index in [9.17, 15) is 23.6 Å². The van der Waals surface area contributed by atoms with Gasteiger partial charge in [-0.05, 0) is 53.1 Å². The molecule has 3 aliphatic rings. The minimum absolute atomic E-state index is 0. The van der Waals surface area contributed by atoms with Crippen LogP contribution >= 0.6 is 11.8 Å². The number of nitrogens with zero attached hydrogens (tertiary/aromatic N) is 1. The van der Waals surface area contributed by atoms with Crippen LogP contribution in [0, 0.1) is 5.82 Å². The highest BCUT2D eigenvalue weighted by molar-refractivity contribution is 7.99. The van der Waals surface area contributed by atoms with Gasteiger partial charge < -0.3 is 15.5 Å². The largest absolute Gasteiger partial charge is 0.325 e. The number of carbonyl (C=O) groups is 4. The summed E-state index contributed by atoms with van der Waals surface area (Å²) >= 11 is 1.52. The molecular weight excluding hydrogens is 507 g/mol. The van der Waals surface area contributed by atoms with E-state index in [1.165, 1.54) is 28.8 Å². The standard InChI is InChI=1S/C28H23FN4O4S.2H2/c29-19-8-5-16(6-9-19)23-12-25(35)33(21-3-1-2-4-22(21)38-23)15-24(34)30-20-10-7-17-13-28(14-18(17)11-20)26(36)31-27(37)32-28;;/h1-11,23H,12-15H2,(H,30,34)(H2,31,32,36,37);2*1H. The Morgan fingerprint density at radius 3 is 2.58 bits per heavy atom. The molecule has 3 N–H and O–H groups in total. The summed E-state index contributed by atoms with van der Waals surface area (Å²) in [7, 11) is 0. The van der Waals surface area contributed by atoms with Gasteiger partial charge in [-0.3, -0.25) is 19.7 Å². The van der Waals surface area contributed by atoms with Crippen LogP contribution in [0.5, 0.6) is 0 Å². The number of para-hydroxylation sites is 1. The van der Waals surface area contributed by atoms with Crippen molar-refractivity contribution in [2.75, 3.05) is 16.8 Å². The Morgan fingerprint density at radius 2 is 1.82 bits per heavy atom. The van der Waals surface area contributed by atoms with Crippen LogP contribution in [0.3, 0.4) is 0 Å². The van der Waals surface area contributed by atoms with Crippen LogP contribution in [0.2, 0.25) is 0 Å². The lowest BCUT2D eigenvalue weighted by Gasteiger charge is -2.22. The number of amides is 5. The molecule has 1 saturated heterocycles. The van der Waals surface area contributed by atoms with Gasteiger partial charge in [-0.25, -0.2) is 9.18 Å². The Morgan fingerprint density at radius 1 is 1.05 bits per heavy atom.